The van der Waals surface area contributed by atoms with Crippen molar-refractivity contribution in [2.75, 3.05) is 12.4 Å². The van der Waals surface area contributed by atoms with Crippen LogP contribution in [0.4, 0.5) is 5.69 Å². The number of aromatic nitrogens is 2. The number of carbonyl (C=O) groups excluding carboxylic acids is 2. The number of hydrogen-bond acceptors (Lipinski definition) is 5. The molecular weight excluding hydrogens is 358 g/mol. The molecule has 1 N–H and O–H groups in total. The molecule has 144 valence electrons. The minimum Gasteiger partial charge on any atom is -0.497 e. The second-order valence-electron chi connectivity index (χ2n) is 6.19. The lowest BCUT2D eigenvalue weighted by atomic mass is 10.1. The highest BCUT2D eigenvalue weighted by atomic mass is 16.5. The Hall–Kier alpha value is -3.61. The highest BCUT2D eigenvalue weighted by Crippen LogP contribution is 2.19. The molecule has 3 aromatic rings. The van der Waals surface area contributed by atoms with E-state index in [0.29, 0.717) is 28.6 Å². The summed E-state index contributed by atoms with van der Waals surface area (Å²) < 4.78 is 12.4. The van der Waals surface area contributed by atoms with Crippen LogP contribution in [0, 0.1) is 0 Å². The maximum atomic E-state index is 12.4. The standard InChI is InChI=1S/C21H21N3O4/c1-14(28-18-10-8-17(27-3)9-11-18)21(26)23-16-6-4-15(5-7-16)19(25)20-22-12-13-24(20)2/h4-14H,1-3H3,(H,23,26)/t14-/m1/s1. The summed E-state index contributed by atoms with van der Waals surface area (Å²) in [5.74, 6) is 1.17. The Morgan fingerprint density at radius 1 is 1.04 bits per heavy atom. The Balaban J connectivity index is 1.60. The number of imidazole rings is 1. The van der Waals surface area contributed by atoms with E-state index in [9.17, 15) is 9.59 Å². The molecule has 2 aromatic carbocycles. The van der Waals surface area contributed by atoms with Gasteiger partial charge in [-0.1, -0.05) is 0 Å². The summed E-state index contributed by atoms with van der Waals surface area (Å²) >= 11 is 0. The van der Waals surface area contributed by atoms with Gasteiger partial charge < -0.3 is 19.4 Å². The molecule has 0 aliphatic heterocycles. The number of hydrogen-bond donors (Lipinski definition) is 1. The minimum absolute atomic E-state index is 0.179. The van der Waals surface area contributed by atoms with Crippen LogP contribution in [0.5, 0.6) is 11.5 Å². The van der Waals surface area contributed by atoms with Gasteiger partial charge in [-0.3, -0.25) is 9.59 Å². The molecule has 0 spiro atoms. The van der Waals surface area contributed by atoms with E-state index in [0.717, 1.165) is 0 Å². The van der Waals surface area contributed by atoms with Crippen LogP contribution in [0.25, 0.3) is 0 Å². The van der Waals surface area contributed by atoms with E-state index in [1.54, 1.807) is 86.6 Å². The first-order valence-corrected chi connectivity index (χ1v) is 8.71. The van der Waals surface area contributed by atoms with Gasteiger partial charge in [0.1, 0.15) is 11.5 Å². The Morgan fingerprint density at radius 2 is 1.68 bits per heavy atom. The lowest BCUT2D eigenvalue weighted by molar-refractivity contribution is -0.122. The second-order valence-corrected chi connectivity index (χ2v) is 6.19. The van der Waals surface area contributed by atoms with E-state index in [-0.39, 0.29) is 11.7 Å². The molecule has 3 rings (SSSR count). The van der Waals surface area contributed by atoms with Gasteiger partial charge >= 0.3 is 0 Å². The maximum Gasteiger partial charge on any atom is 0.265 e. The summed E-state index contributed by atoms with van der Waals surface area (Å²) in [7, 11) is 3.35. The number of methoxy groups -OCH3 is 1. The number of benzene rings is 2. The van der Waals surface area contributed by atoms with E-state index < -0.39 is 6.10 Å². The number of anilines is 1. The highest BCUT2D eigenvalue weighted by molar-refractivity contribution is 6.07. The Morgan fingerprint density at radius 3 is 2.25 bits per heavy atom. The summed E-state index contributed by atoms with van der Waals surface area (Å²) in [6.45, 7) is 1.67. The van der Waals surface area contributed by atoms with Gasteiger partial charge in [-0.25, -0.2) is 4.98 Å². The van der Waals surface area contributed by atoms with Gasteiger partial charge in [0, 0.05) is 30.7 Å². The third-order valence-corrected chi connectivity index (χ3v) is 4.18. The van der Waals surface area contributed by atoms with Crippen molar-refractivity contribution in [2.24, 2.45) is 7.05 Å². The number of amides is 1. The first-order chi connectivity index (χ1) is 13.5. The van der Waals surface area contributed by atoms with Crippen molar-refractivity contribution in [2.45, 2.75) is 13.0 Å². The second kappa shape index (κ2) is 8.39. The van der Waals surface area contributed by atoms with Crippen LogP contribution in [-0.2, 0) is 11.8 Å². The van der Waals surface area contributed by atoms with Crippen molar-refractivity contribution in [1.82, 2.24) is 9.55 Å². The maximum absolute atomic E-state index is 12.4. The number of aryl methyl sites for hydroxylation is 1. The van der Waals surface area contributed by atoms with Crippen LogP contribution in [-0.4, -0.2) is 34.5 Å². The van der Waals surface area contributed by atoms with E-state index in [2.05, 4.69) is 10.3 Å². The third kappa shape index (κ3) is 4.37. The van der Waals surface area contributed by atoms with Crippen molar-refractivity contribution in [3.05, 3.63) is 72.3 Å². The van der Waals surface area contributed by atoms with Crippen molar-refractivity contribution >= 4 is 17.4 Å². The molecule has 0 aliphatic carbocycles. The fourth-order valence-corrected chi connectivity index (χ4v) is 2.57. The van der Waals surface area contributed by atoms with Crippen molar-refractivity contribution in [1.29, 1.82) is 0 Å². The van der Waals surface area contributed by atoms with Crippen LogP contribution < -0.4 is 14.8 Å². The SMILES string of the molecule is COc1ccc(O[C@H](C)C(=O)Nc2ccc(C(=O)c3nccn3C)cc2)cc1. The summed E-state index contributed by atoms with van der Waals surface area (Å²) in [5.41, 5.74) is 1.07. The van der Waals surface area contributed by atoms with Gasteiger partial charge in [0.15, 0.2) is 11.9 Å². The molecule has 1 atom stereocenters. The van der Waals surface area contributed by atoms with Gasteiger partial charge in [-0.2, -0.15) is 0 Å². The molecule has 0 unspecified atom stereocenters. The zero-order chi connectivity index (χ0) is 20.1. The normalized spacial score (nSPS) is 11.5. The van der Waals surface area contributed by atoms with Gasteiger partial charge in [-0.05, 0) is 55.5 Å². The Kier molecular flexibility index (Phi) is 5.74. The van der Waals surface area contributed by atoms with Crippen molar-refractivity contribution < 1.29 is 19.1 Å². The topological polar surface area (TPSA) is 82.4 Å². The van der Waals surface area contributed by atoms with Crippen LogP contribution in [0.1, 0.15) is 23.1 Å². The lowest BCUT2D eigenvalue weighted by Gasteiger charge is -2.15. The largest absolute Gasteiger partial charge is 0.497 e. The molecule has 1 amide bonds. The Bertz CT molecular complexity index is 962. The van der Waals surface area contributed by atoms with Crippen LogP contribution in [0.2, 0.25) is 0 Å². The van der Waals surface area contributed by atoms with Crippen LogP contribution in [0.3, 0.4) is 0 Å². The zero-order valence-electron chi connectivity index (χ0n) is 15.9. The average Bonchev–Trinajstić information content (AvgIpc) is 3.14. The molecule has 7 heteroatoms. The molecule has 7 nitrogen and oxygen atoms in total. The highest BCUT2D eigenvalue weighted by Gasteiger charge is 2.16. The molecule has 0 fully saturated rings. The van der Waals surface area contributed by atoms with E-state index in [1.807, 2.05) is 0 Å². The molecule has 0 bridgehead atoms. The van der Waals surface area contributed by atoms with Gasteiger partial charge in [0.2, 0.25) is 5.78 Å². The van der Waals surface area contributed by atoms with E-state index in [4.69, 9.17) is 9.47 Å². The van der Waals surface area contributed by atoms with Crippen molar-refractivity contribution in [3.8, 4) is 11.5 Å². The number of nitrogens with zero attached hydrogens (tertiary/aromatic N) is 2. The molecule has 0 saturated heterocycles. The fraction of sp³-hybridized carbons (Fsp3) is 0.190. The fourth-order valence-electron chi connectivity index (χ4n) is 2.57. The predicted molar refractivity (Wildman–Crippen MR) is 105 cm³/mol. The average molecular weight is 379 g/mol. The van der Waals surface area contributed by atoms with Crippen LogP contribution >= 0.6 is 0 Å². The molecule has 0 aliphatic rings. The minimum atomic E-state index is -0.692. The summed E-state index contributed by atoms with van der Waals surface area (Å²) in [6.07, 6.45) is 2.60. The van der Waals surface area contributed by atoms with Gasteiger partial charge in [0.05, 0.1) is 7.11 Å². The molecule has 1 heterocycles. The van der Waals surface area contributed by atoms with Gasteiger partial charge in [0.25, 0.3) is 5.91 Å². The summed E-state index contributed by atoms with van der Waals surface area (Å²) in [6, 6.07) is 13.7. The number of ketones is 1. The number of ether oxygens (including phenoxy) is 2. The van der Waals surface area contributed by atoms with E-state index in [1.165, 1.54) is 0 Å². The van der Waals surface area contributed by atoms with Crippen LogP contribution in [0.15, 0.2) is 60.9 Å². The number of nitrogens with one attached hydrogen (secondary N) is 1. The summed E-state index contributed by atoms with van der Waals surface area (Å²) in [4.78, 5) is 28.8. The molecule has 28 heavy (non-hydrogen) atoms. The third-order valence-electron chi connectivity index (χ3n) is 4.18. The first-order valence-electron chi connectivity index (χ1n) is 8.71. The molecule has 1 aromatic heterocycles. The number of carbonyl (C=O) groups is 2. The number of rotatable bonds is 7. The van der Waals surface area contributed by atoms with Crippen molar-refractivity contribution in [3.63, 3.8) is 0 Å². The van der Waals surface area contributed by atoms with E-state index >= 15 is 0 Å². The zero-order valence-corrected chi connectivity index (χ0v) is 15.9. The smallest absolute Gasteiger partial charge is 0.265 e. The van der Waals surface area contributed by atoms with Gasteiger partial charge in [-0.15, -0.1) is 0 Å². The summed E-state index contributed by atoms with van der Waals surface area (Å²) in [5, 5.41) is 2.78. The quantitative estimate of drug-likeness (QED) is 0.638. The predicted octanol–water partition coefficient (Wildman–Crippen LogP) is 3.07. The Labute approximate surface area is 162 Å². The monoisotopic (exact) mass is 379 g/mol. The first kappa shape index (κ1) is 19.2. The molecule has 0 radical (unpaired) electrons. The molecule has 0 saturated carbocycles. The lowest BCUT2D eigenvalue weighted by Crippen LogP contribution is -2.30. The molecular formula is C21H21N3O4.